The Bertz CT molecular complexity index is 942. The number of hydrogen-bond donors (Lipinski definition) is 1. The standard InChI is InChI=1S/C22H21ClN2O2.H2O/c1-16-13-14-25(24-16)15-19-20(23)22(21(2,26)27-19,17-9-5-3-6-10-17)18-11-7-4-8-12-18;/h3-14,26H,15H2,1-2H3;1H2. The first-order valence-corrected chi connectivity index (χ1v) is 9.24. The van der Waals surface area contributed by atoms with Crippen LogP contribution in [0.1, 0.15) is 23.7 Å². The van der Waals surface area contributed by atoms with Crippen LogP contribution >= 0.6 is 11.6 Å². The molecule has 0 aliphatic carbocycles. The Kier molecular flexibility index (Phi) is 5.35. The lowest BCUT2D eigenvalue weighted by atomic mass is 9.69. The van der Waals surface area contributed by atoms with Gasteiger partial charge in [-0.3, -0.25) is 4.68 Å². The Labute approximate surface area is 169 Å². The summed E-state index contributed by atoms with van der Waals surface area (Å²) in [4.78, 5) is 0. The third kappa shape index (κ3) is 3.02. The first kappa shape index (κ1) is 20.1. The number of aromatic nitrogens is 2. The summed E-state index contributed by atoms with van der Waals surface area (Å²) >= 11 is 6.96. The van der Waals surface area contributed by atoms with Crippen molar-refractivity contribution in [2.45, 2.75) is 31.6 Å². The minimum atomic E-state index is -1.55. The highest BCUT2D eigenvalue weighted by Crippen LogP contribution is 2.55. The van der Waals surface area contributed by atoms with Crippen LogP contribution in [0.4, 0.5) is 0 Å². The van der Waals surface area contributed by atoms with Gasteiger partial charge in [0, 0.05) is 13.1 Å². The summed E-state index contributed by atoms with van der Waals surface area (Å²) in [5.41, 5.74) is 1.64. The Morgan fingerprint density at radius 3 is 2.00 bits per heavy atom. The molecule has 3 aromatic rings. The van der Waals surface area contributed by atoms with Crippen molar-refractivity contribution in [1.29, 1.82) is 0 Å². The summed E-state index contributed by atoms with van der Waals surface area (Å²) < 4.78 is 7.80. The van der Waals surface area contributed by atoms with E-state index in [0.29, 0.717) is 17.3 Å². The highest BCUT2D eigenvalue weighted by Gasteiger charge is 2.60. The molecule has 0 fully saturated rings. The molecule has 1 aliphatic heterocycles. The fourth-order valence-corrected chi connectivity index (χ4v) is 4.40. The van der Waals surface area contributed by atoms with Gasteiger partial charge in [-0.1, -0.05) is 72.3 Å². The number of ether oxygens (including phenoxy) is 1. The molecule has 5 nitrogen and oxygen atoms in total. The van der Waals surface area contributed by atoms with Crippen LogP contribution in [0.3, 0.4) is 0 Å². The lowest BCUT2D eigenvalue weighted by molar-refractivity contribution is -0.176. The fraction of sp³-hybridized carbons (Fsp3) is 0.227. The van der Waals surface area contributed by atoms with Gasteiger partial charge in [-0.05, 0) is 24.1 Å². The zero-order valence-electron chi connectivity index (χ0n) is 15.8. The maximum Gasteiger partial charge on any atom is 0.223 e. The quantitative estimate of drug-likeness (QED) is 0.730. The number of rotatable bonds is 4. The molecule has 4 rings (SSSR count). The minimum absolute atomic E-state index is 0. The number of halogens is 1. The van der Waals surface area contributed by atoms with Gasteiger partial charge in [0.15, 0.2) is 0 Å². The number of benzene rings is 2. The SMILES string of the molecule is Cc1ccn(CC2=C(Cl)C(c3ccccc3)(c3ccccc3)C(C)(O)O2)n1.O. The van der Waals surface area contributed by atoms with Crippen LogP contribution in [0.15, 0.2) is 83.7 Å². The van der Waals surface area contributed by atoms with Crippen LogP contribution in [-0.4, -0.2) is 26.2 Å². The lowest BCUT2D eigenvalue weighted by Crippen LogP contribution is -2.48. The average Bonchev–Trinajstić information content (AvgIpc) is 3.15. The Morgan fingerprint density at radius 2 is 1.54 bits per heavy atom. The number of nitrogens with zero attached hydrogens (tertiary/aromatic N) is 2. The highest BCUT2D eigenvalue weighted by atomic mass is 35.5. The second-order valence-electron chi connectivity index (χ2n) is 6.96. The summed E-state index contributed by atoms with van der Waals surface area (Å²) in [7, 11) is 0. The highest BCUT2D eigenvalue weighted by molar-refractivity contribution is 6.32. The second kappa shape index (κ2) is 7.43. The number of aryl methyl sites for hydroxylation is 1. The largest absolute Gasteiger partial charge is 0.462 e. The maximum absolute atomic E-state index is 11.5. The van der Waals surface area contributed by atoms with E-state index in [4.69, 9.17) is 16.3 Å². The molecule has 0 amide bonds. The van der Waals surface area contributed by atoms with Gasteiger partial charge in [0.1, 0.15) is 11.2 Å². The predicted molar refractivity (Wildman–Crippen MR) is 109 cm³/mol. The summed E-state index contributed by atoms with van der Waals surface area (Å²) in [6.45, 7) is 3.94. The molecule has 0 saturated carbocycles. The Hall–Kier alpha value is -2.60. The van der Waals surface area contributed by atoms with Gasteiger partial charge in [-0.25, -0.2) is 0 Å². The smallest absolute Gasteiger partial charge is 0.223 e. The first-order chi connectivity index (χ1) is 12.9. The van der Waals surface area contributed by atoms with Gasteiger partial charge >= 0.3 is 0 Å². The molecule has 146 valence electrons. The van der Waals surface area contributed by atoms with E-state index in [1.807, 2.05) is 79.9 Å². The van der Waals surface area contributed by atoms with Crippen LogP contribution in [0, 0.1) is 6.92 Å². The molecule has 1 unspecified atom stereocenters. The molecule has 0 saturated heterocycles. The van der Waals surface area contributed by atoms with Gasteiger partial charge in [-0.2, -0.15) is 5.10 Å². The van der Waals surface area contributed by atoms with Crippen LogP contribution in [0.25, 0.3) is 0 Å². The third-order valence-corrected chi connectivity index (χ3v) is 5.58. The van der Waals surface area contributed by atoms with E-state index in [2.05, 4.69) is 5.10 Å². The van der Waals surface area contributed by atoms with Gasteiger partial charge in [0.2, 0.25) is 5.79 Å². The van der Waals surface area contributed by atoms with Crippen LogP contribution in [0.2, 0.25) is 0 Å². The molecule has 6 heteroatoms. The van der Waals surface area contributed by atoms with E-state index in [-0.39, 0.29) is 5.48 Å². The lowest BCUT2D eigenvalue weighted by Gasteiger charge is -2.39. The fourth-order valence-electron chi connectivity index (χ4n) is 3.91. The molecule has 3 N–H and O–H groups in total. The molecule has 1 aromatic heterocycles. The zero-order valence-corrected chi connectivity index (χ0v) is 16.5. The summed E-state index contributed by atoms with van der Waals surface area (Å²) in [6.07, 6.45) is 1.87. The van der Waals surface area contributed by atoms with Crippen molar-refractivity contribution in [3.63, 3.8) is 0 Å². The van der Waals surface area contributed by atoms with Gasteiger partial charge in [0.05, 0.1) is 17.3 Å². The van der Waals surface area contributed by atoms with E-state index in [1.54, 1.807) is 11.6 Å². The topological polar surface area (TPSA) is 78.8 Å². The molecule has 28 heavy (non-hydrogen) atoms. The molecule has 0 spiro atoms. The summed E-state index contributed by atoms with van der Waals surface area (Å²) in [5.74, 6) is -1.04. The van der Waals surface area contributed by atoms with E-state index in [9.17, 15) is 5.11 Å². The van der Waals surface area contributed by atoms with Crippen molar-refractivity contribution in [3.05, 3.63) is 101 Å². The van der Waals surface area contributed by atoms with Gasteiger partial charge in [-0.15, -0.1) is 0 Å². The van der Waals surface area contributed by atoms with E-state index in [1.165, 1.54) is 0 Å². The van der Waals surface area contributed by atoms with Crippen molar-refractivity contribution in [1.82, 2.24) is 9.78 Å². The zero-order chi connectivity index (χ0) is 19.1. The molecular weight excluding hydrogens is 376 g/mol. The van der Waals surface area contributed by atoms with Crippen LogP contribution in [-0.2, 0) is 16.7 Å². The molecule has 2 aromatic carbocycles. The number of allylic oxidation sites excluding steroid dienone is 1. The average molecular weight is 399 g/mol. The van der Waals surface area contributed by atoms with Crippen molar-refractivity contribution in [2.24, 2.45) is 0 Å². The number of hydrogen-bond acceptors (Lipinski definition) is 3. The molecule has 1 atom stereocenters. The molecule has 0 radical (unpaired) electrons. The van der Waals surface area contributed by atoms with Crippen molar-refractivity contribution >= 4 is 11.6 Å². The minimum Gasteiger partial charge on any atom is -0.462 e. The van der Waals surface area contributed by atoms with E-state index in [0.717, 1.165) is 16.8 Å². The van der Waals surface area contributed by atoms with Crippen molar-refractivity contribution in [2.75, 3.05) is 0 Å². The monoisotopic (exact) mass is 398 g/mol. The maximum atomic E-state index is 11.5. The van der Waals surface area contributed by atoms with E-state index >= 15 is 0 Å². The van der Waals surface area contributed by atoms with Crippen LogP contribution < -0.4 is 0 Å². The Morgan fingerprint density at radius 1 is 1.00 bits per heavy atom. The number of aliphatic hydroxyl groups is 1. The van der Waals surface area contributed by atoms with Crippen LogP contribution in [0.5, 0.6) is 0 Å². The molecular formula is C22H23ClN2O3. The van der Waals surface area contributed by atoms with Crippen molar-refractivity contribution < 1.29 is 15.3 Å². The van der Waals surface area contributed by atoms with E-state index < -0.39 is 11.2 Å². The van der Waals surface area contributed by atoms with Crippen molar-refractivity contribution in [3.8, 4) is 0 Å². The molecule has 2 heterocycles. The molecule has 0 bridgehead atoms. The second-order valence-corrected chi connectivity index (χ2v) is 7.34. The normalized spacial score (nSPS) is 20.6. The summed E-state index contributed by atoms with van der Waals surface area (Å²) in [5, 5.41) is 16.3. The predicted octanol–water partition coefficient (Wildman–Crippen LogP) is 3.54. The third-order valence-electron chi connectivity index (χ3n) is 5.08. The molecule has 1 aliphatic rings. The first-order valence-electron chi connectivity index (χ1n) is 8.87. The van der Waals surface area contributed by atoms with Gasteiger partial charge < -0.3 is 15.3 Å². The van der Waals surface area contributed by atoms with Gasteiger partial charge in [0.25, 0.3) is 0 Å². The Balaban J connectivity index is 0.00000225. The summed E-state index contributed by atoms with van der Waals surface area (Å²) in [6, 6.07) is 21.4.